The Morgan fingerprint density at radius 2 is 0.724 bits per heavy atom. The van der Waals surface area contributed by atoms with Crippen molar-refractivity contribution in [3.05, 3.63) is 132 Å². The predicted octanol–water partition coefficient (Wildman–Crippen LogP) is 7.76. The van der Waals surface area contributed by atoms with Gasteiger partial charge in [-0.3, -0.25) is 0 Å². The van der Waals surface area contributed by atoms with Gasteiger partial charge < -0.3 is 4.90 Å². The van der Waals surface area contributed by atoms with Crippen LogP contribution in [-0.2, 0) is 6.42 Å². The lowest BCUT2D eigenvalue weighted by Gasteiger charge is -2.18. The van der Waals surface area contributed by atoms with Crippen LogP contribution in [0.5, 0.6) is 0 Å². The van der Waals surface area contributed by atoms with Gasteiger partial charge in [-0.2, -0.15) is 0 Å². The van der Waals surface area contributed by atoms with Crippen molar-refractivity contribution in [3.8, 4) is 0 Å². The quantitative estimate of drug-likeness (QED) is 0.349. The lowest BCUT2D eigenvalue weighted by Crippen LogP contribution is -2.08. The summed E-state index contributed by atoms with van der Waals surface area (Å²) in [6, 6.07) is 41.7. The molecule has 0 amide bonds. The van der Waals surface area contributed by atoms with Gasteiger partial charge in [-0.15, -0.1) is 0 Å². The molecule has 0 N–H and O–H groups in total. The van der Waals surface area contributed by atoms with Gasteiger partial charge in [-0.1, -0.05) is 111 Å². The zero-order valence-corrected chi connectivity index (χ0v) is 17.7. The first-order valence-electron chi connectivity index (χ1n) is 10.2. The van der Waals surface area contributed by atoms with Gasteiger partial charge in [0.2, 0.25) is 0 Å². The van der Waals surface area contributed by atoms with Crippen LogP contribution in [0, 0.1) is 0 Å². The van der Waals surface area contributed by atoms with Crippen LogP contribution in [-0.4, -0.2) is 7.05 Å². The summed E-state index contributed by atoms with van der Waals surface area (Å²) in [5.74, 6) is 0. The van der Waals surface area contributed by atoms with Crippen molar-refractivity contribution >= 4 is 11.4 Å². The molecule has 148 valence electrons. The molecule has 0 bridgehead atoms. The Labute approximate surface area is 176 Å². The summed E-state index contributed by atoms with van der Waals surface area (Å²) in [6.07, 6.45) is 1.03. The van der Waals surface area contributed by atoms with Crippen molar-refractivity contribution in [1.82, 2.24) is 0 Å². The molecule has 29 heavy (non-hydrogen) atoms. The summed E-state index contributed by atoms with van der Waals surface area (Å²) >= 11 is 0. The molecule has 4 aromatic carbocycles. The fourth-order valence-corrected chi connectivity index (χ4v) is 2.88. The van der Waals surface area contributed by atoms with Gasteiger partial charge in [0.25, 0.3) is 0 Å². The van der Waals surface area contributed by atoms with Crippen LogP contribution in [0.1, 0.15) is 25.0 Å². The highest BCUT2D eigenvalue weighted by atomic mass is 15.1. The lowest BCUT2D eigenvalue weighted by atomic mass is 10.1. The van der Waals surface area contributed by atoms with Crippen molar-refractivity contribution in [2.24, 2.45) is 0 Å². The molecule has 1 nitrogen and oxygen atoms in total. The Morgan fingerprint density at radius 3 is 1.03 bits per heavy atom. The summed E-state index contributed by atoms with van der Waals surface area (Å²) in [7, 11) is 2.07. The minimum Gasteiger partial charge on any atom is -0.345 e. The van der Waals surface area contributed by atoms with Crippen molar-refractivity contribution < 1.29 is 0 Å². The SMILES string of the molecule is CC.CN(c1ccccc1)c1ccccc1.c1ccc(Cc2ccccc2)cc1. The van der Waals surface area contributed by atoms with Gasteiger partial charge in [0.05, 0.1) is 0 Å². The zero-order chi connectivity index (χ0) is 20.7. The molecule has 0 radical (unpaired) electrons. The van der Waals surface area contributed by atoms with E-state index in [0.29, 0.717) is 0 Å². The number of benzene rings is 4. The largest absolute Gasteiger partial charge is 0.345 e. The predicted molar refractivity (Wildman–Crippen MR) is 128 cm³/mol. The molecule has 0 fully saturated rings. The van der Waals surface area contributed by atoms with Crippen LogP contribution in [0.4, 0.5) is 11.4 Å². The molecule has 0 aromatic heterocycles. The Morgan fingerprint density at radius 1 is 0.448 bits per heavy atom. The van der Waals surface area contributed by atoms with Gasteiger partial charge in [0, 0.05) is 18.4 Å². The summed E-state index contributed by atoms with van der Waals surface area (Å²) in [6.45, 7) is 4.00. The van der Waals surface area contributed by atoms with E-state index in [1.54, 1.807) is 0 Å². The van der Waals surface area contributed by atoms with E-state index in [0.717, 1.165) is 6.42 Å². The van der Waals surface area contributed by atoms with Crippen LogP contribution in [0.15, 0.2) is 121 Å². The van der Waals surface area contributed by atoms with Gasteiger partial charge in [0.1, 0.15) is 0 Å². The van der Waals surface area contributed by atoms with E-state index in [4.69, 9.17) is 0 Å². The Kier molecular flexibility index (Phi) is 9.82. The highest BCUT2D eigenvalue weighted by molar-refractivity contribution is 5.61. The molecule has 4 aromatic rings. The average Bonchev–Trinajstić information content (AvgIpc) is 2.83. The maximum Gasteiger partial charge on any atom is 0.0408 e. The van der Waals surface area contributed by atoms with E-state index < -0.39 is 0 Å². The minimum absolute atomic E-state index is 1.03. The second kappa shape index (κ2) is 13.0. The highest BCUT2D eigenvalue weighted by Gasteiger charge is 2.00. The molecule has 0 aliphatic carbocycles. The first-order chi connectivity index (χ1) is 14.3. The standard InChI is InChI=1S/C13H13N.C13H12.C2H6/c1-14(12-8-4-2-5-9-12)13-10-6-3-7-11-13;1-3-7-12(8-4-1)11-13-9-5-2-6-10-13;1-2/h2-11H,1H3;1-10H,11H2;1-2H3. The third-order valence-electron chi connectivity index (χ3n) is 4.38. The monoisotopic (exact) mass is 381 g/mol. The third-order valence-corrected chi connectivity index (χ3v) is 4.38. The average molecular weight is 382 g/mol. The van der Waals surface area contributed by atoms with E-state index in [1.807, 2.05) is 26.0 Å². The molecule has 0 saturated carbocycles. The number of para-hydroxylation sites is 2. The summed E-state index contributed by atoms with van der Waals surface area (Å²) in [4.78, 5) is 2.17. The fourth-order valence-electron chi connectivity index (χ4n) is 2.88. The van der Waals surface area contributed by atoms with Crippen molar-refractivity contribution in [3.63, 3.8) is 0 Å². The maximum absolute atomic E-state index is 2.17. The Bertz CT molecular complexity index is 811. The lowest BCUT2D eigenvalue weighted by molar-refractivity contribution is 1.19. The molecule has 0 unspecified atom stereocenters. The molecule has 1 heteroatoms. The minimum atomic E-state index is 1.03. The van der Waals surface area contributed by atoms with E-state index in [2.05, 4.69) is 121 Å². The van der Waals surface area contributed by atoms with Crippen LogP contribution in [0.2, 0.25) is 0 Å². The van der Waals surface area contributed by atoms with Crippen LogP contribution >= 0.6 is 0 Å². The van der Waals surface area contributed by atoms with Crippen LogP contribution in [0.3, 0.4) is 0 Å². The number of hydrogen-bond acceptors (Lipinski definition) is 1. The molecular formula is C28H31N. The number of anilines is 2. The molecule has 0 atom stereocenters. The van der Waals surface area contributed by atoms with Gasteiger partial charge in [0.15, 0.2) is 0 Å². The highest BCUT2D eigenvalue weighted by Crippen LogP contribution is 2.21. The van der Waals surface area contributed by atoms with E-state index >= 15 is 0 Å². The molecular weight excluding hydrogens is 350 g/mol. The van der Waals surface area contributed by atoms with Crippen molar-refractivity contribution in [2.45, 2.75) is 20.3 Å². The summed E-state index contributed by atoms with van der Waals surface area (Å²) in [5.41, 5.74) is 5.15. The Balaban J connectivity index is 0.000000191. The van der Waals surface area contributed by atoms with E-state index in [1.165, 1.54) is 22.5 Å². The summed E-state index contributed by atoms with van der Waals surface area (Å²) in [5, 5.41) is 0. The third kappa shape index (κ3) is 7.67. The first kappa shape index (κ1) is 22.0. The topological polar surface area (TPSA) is 3.24 Å². The van der Waals surface area contributed by atoms with E-state index in [9.17, 15) is 0 Å². The van der Waals surface area contributed by atoms with E-state index in [-0.39, 0.29) is 0 Å². The van der Waals surface area contributed by atoms with Gasteiger partial charge in [-0.05, 0) is 41.8 Å². The molecule has 0 heterocycles. The smallest absolute Gasteiger partial charge is 0.0408 e. The molecule has 0 aliphatic heterocycles. The second-order valence-corrected chi connectivity index (χ2v) is 6.38. The normalized spacial score (nSPS) is 9.34. The second-order valence-electron chi connectivity index (χ2n) is 6.38. The number of rotatable bonds is 4. The van der Waals surface area contributed by atoms with Crippen molar-refractivity contribution in [2.75, 3.05) is 11.9 Å². The molecule has 0 saturated heterocycles. The number of hydrogen-bond donors (Lipinski definition) is 0. The molecule has 0 spiro atoms. The number of nitrogens with zero attached hydrogens (tertiary/aromatic N) is 1. The summed E-state index contributed by atoms with van der Waals surface area (Å²) < 4.78 is 0. The molecule has 0 aliphatic rings. The molecule has 4 rings (SSSR count). The fraction of sp³-hybridized carbons (Fsp3) is 0.143. The van der Waals surface area contributed by atoms with Crippen LogP contribution in [0.25, 0.3) is 0 Å². The van der Waals surface area contributed by atoms with Crippen LogP contribution < -0.4 is 4.90 Å². The Hall–Kier alpha value is -3.32. The van der Waals surface area contributed by atoms with Gasteiger partial charge in [-0.25, -0.2) is 0 Å². The maximum atomic E-state index is 2.17. The van der Waals surface area contributed by atoms with Gasteiger partial charge >= 0.3 is 0 Å². The first-order valence-corrected chi connectivity index (χ1v) is 10.2. The zero-order valence-electron chi connectivity index (χ0n) is 17.7. The van der Waals surface area contributed by atoms with Crippen molar-refractivity contribution in [1.29, 1.82) is 0 Å².